The number of carboxylic acids is 1. The fourth-order valence-corrected chi connectivity index (χ4v) is 6.82. The quantitative estimate of drug-likeness (QED) is 0.177. The Labute approximate surface area is 298 Å². The van der Waals surface area contributed by atoms with Crippen molar-refractivity contribution in [3.63, 3.8) is 0 Å². The van der Waals surface area contributed by atoms with E-state index in [-0.39, 0.29) is 23.7 Å². The van der Waals surface area contributed by atoms with E-state index >= 15 is 0 Å². The molecule has 13 heteroatoms. The lowest BCUT2D eigenvalue weighted by Gasteiger charge is -2.35. The van der Waals surface area contributed by atoms with Crippen LogP contribution < -0.4 is 20.9 Å². The first-order valence-corrected chi connectivity index (χ1v) is 17.5. The molecule has 1 aromatic heterocycles. The van der Waals surface area contributed by atoms with Crippen molar-refractivity contribution >= 4 is 35.4 Å². The Kier molecular flexibility index (Phi) is 11.9. The highest BCUT2D eigenvalue weighted by molar-refractivity contribution is 5.95. The summed E-state index contributed by atoms with van der Waals surface area (Å²) in [7, 11) is 1.58. The molecule has 2 aromatic carbocycles. The lowest BCUT2D eigenvalue weighted by atomic mass is 9.84. The zero-order chi connectivity index (χ0) is 36.7. The molecular formula is C38H48N6O7. The number of nitrogens with zero attached hydrogens (tertiary/aromatic N) is 3. The standard InChI is InChI=1S/C38H48N6O7/c1-23(40-35(47)26-12-10-24(11-13-26)25-14-16-28(17-15-25)41-37(49)51-38(2,3)4)29-21-33(43-32(42-29)22-34(45)46)44-30-9-7-6-8-27(30)20-31(44)36(48)39-18-19-50-5/h10-17,21,23,27,30-31H,6-9,18-20,22H2,1-5H3,(H,39,48)(H,40,47)(H,41,49)(H,45,46)/t23?,27-,30-,31-/m0/s1. The molecule has 272 valence electrons. The highest BCUT2D eigenvalue weighted by Gasteiger charge is 2.46. The average Bonchev–Trinajstić information content (AvgIpc) is 3.47. The number of benzene rings is 2. The lowest BCUT2D eigenvalue weighted by Crippen LogP contribution is -2.48. The topological polar surface area (TPSA) is 172 Å². The van der Waals surface area contributed by atoms with Crippen molar-refractivity contribution in [3.05, 3.63) is 71.7 Å². The first-order chi connectivity index (χ1) is 24.3. The van der Waals surface area contributed by atoms with Crippen LogP contribution in [0.2, 0.25) is 0 Å². The van der Waals surface area contributed by atoms with Crippen molar-refractivity contribution in [3.8, 4) is 11.1 Å². The Morgan fingerprint density at radius 2 is 1.65 bits per heavy atom. The molecule has 5 rings (SSSR count). The molecule has 0 spiro atoms. The smallest absolute Gasteiger partial charge is 0.412 e. The number of carbonyl (C=O) groups excluding carboxylic acids is 3. The zero-order valence-electron chi connectivity index (χ0n) is 29.9. The van der Waals surface area contributed by atoms with Gasteiger partial charge in [-0.25, -0.2) is 14.8 Å². The minimum atomic E-state index is -1.07. The van der Waals surface area contributed by atoms with Crippen molar-refractivity contribution < 1.29 is 33.8 Å². The number of aliphatic carboxylic acids is 1. The van der Waals surface area contributed by atoms with Gasteiger partial charge in [0.2, 0.25) is 5.91 Å². The predicted octanol–water partition coefficient (Wildman–Crippen LogP) is 5.51. The van der Waals surface area contributed by atoms with Crippen LogP contribution in [-0.2, 0) is 25.5 Å². The summed E-state index contributed by atoms with van der Waals surface area (Å²) >= 11 is 0. The molecule has 0 radical (unpaired) electrons. The number of fused-ring (bicyclic) bond motifs is 1. The van der Waals surface area contributed by atoms with E-state index in [1.807, 2.05) is 24.3 Å². The Bertz CT molecular complexity index is 1710. The number of methoxy groups -OCH3 is 1. The largest absolute Gasteiger partial charge is 0.481 e. The van der Waals surface area contributed by atoms with E-state index in [0.29, 0.717) is 48.3 Å². The van der Waals surface area contributed by atoms with Crippen LogP contribution in [0.25, 0.3) is 11.1 Å². The van der Waals surface area contributed by atoms with Crippen LogP contribution >= 0.6 is 0 Å². The van der Waals surface area contributed by atoms with E-state index in [1.165, 1.54) is 0 Å². The molecule has 3 aromatic rings. The molecule has 1 saturated carbocycles. The van der Waals surface area contributed by atoms with Gasteiger partial charge in [-0.2, -0.15) is 0 Å². The summed E-state index contributed by atoms with van der Waals surface area (Å²) in [6, 6.07) is 15.3. The van der Waals surface area contributed by atoms with Crippen LogP contribution in [0.3, 0.4) is 0 Å². The van der Waals surface area contributed by atoms with E-state index in [9.17, 15) is 24.3 Å². The van der Waals surface area contributed by atoms with Gasteiger partial charge in [0.25, 0.3) is 5.91 Å². The molecule has 0 bridgehead atoms. The number of carboxylic acid groups (broad SMARTS) is 1. The minimum Gasteiger partial charge on any atom is -0.481 e. The molecule has 1 unspecified atom stereocenters. The normalized spacial score (nSPS) is 19.1. The highest BCUT2D eigenvalue weighted by Crippen LogP contribution is 2.42. The Hall–Kier alpha value is -5.04. The SMILES string of the molecule is COCCNC(=O)[C@@H]1C[C@@H]2CCCC[C@@H]2N1c1cc(C(C)NC(=O)c2ccc(-c3ccc(NC(=O)OC(C)(C)C)cc3)cc2)nc(CC(=O)O)n1. The second-order valence-electron chi connectivity index (χ2n) is 14.2. The fourth-order valence-electron chi connectivity index (χ4n) is 6.82. The zero-order valence-corrected chi connectivity index (χ0v) is 29.9. The number of ether oxygens (including phenoxy) is 2. The molecule has 4 atom stereocenters. The maximum atomic E-state index is 13.4. The first-order valence-electron chi connectivity index (χ1n) is 17.5. The Balaban J connectivity index is 1.31. The van der Waals surface area contributed by atoms with Gasteiger partial charge in [-0.05, 0) is 88.3 Å². The molecular weight excluding hydrogens is 652 g/mol. The van der Waals surface area contributed by atoms with E-state index in [2.05, 4.69) is 30.8 Å². The van der Waals surface area contributed by atoms with Crippen LogP contribution in [-0.4, -0.2) is 76.9 Å². The summed E-state index contributed by atoms with van der Waals surface area (Å²) in [5.74, 6) is -0.574. The Morgan fingerprint density at radius 3 is 2.29 bits per heavy atom. The number of anilines is 2. The summed E-state index contributed by atoms with van der Waals surface area (Å²) in [5.41, 5.74) is 2.68. The fraction of sp³-hybridized carbons (Fsp3) is 0.474. The predicted molar refractivity (Wildman–Crippen MR) is 193 cm³/mol. The van der Waals surface area contributed by atoms with Crippen molar-refractivity contribution in [1.29, 1.82) is 0 Å². The van der Waals surface area contributed by atoms with Crippen molar-refractivity contribution in [2.24, 2.45) is 5.92 Å². The monoisotopic (exact) mass is 700 g/mol. The summed E-state index contributed by atoms with van der Waals surface area (Å²) < 4.78 is 10.4. The molecule has 2 heterocycles. The van der Waals surface area contributed by atoms with Crippen molar-refractivity contribution in [2.45, 2.75) is 89.9 Å². The van der Waals surface area contributed by atoms with Crippen LogP contribution in [0.4, 0.5) is 16.3 Å². The first kappa shape index (κ1) is 37.2. The third-order valence-corrected chi connectivity index (χ3v) is 9.15. The van der Waals surface area contributed by atoms with Gasteiger partial charge >= 0.3 is 12.1 Å². The van der Waals surface area contributed by atoms with Gasteiger partial charge in [-0.1, -0.05) is 37.1 Å². The third kappa shape index (κ3) is 9.81. The summed E-state index contributed by atoms with van der Waals surface area (Å²) in [5, 5.41) is 18.3. The number of hydrogen-bond acceptors (Lipinski definition) is 9. The van der Waals surface area contributed by atoms with E-state index < -0.39 is 36.2 Å². The van der Waals surface area contributed by atoms with Gasteiger partial charge in [-0.15, -0.1) is 0 Å². The van der Waals surface area contributed by atoms with Gasteiger partial charge in [0.05, 0.1) is 18.3 Å². The third-order valence-electron chi connectivity index (χ3n) is 9.15. The maximum absolute atomic E-state index is 13.4. The van der Waals surface area contributed by atoms with Crippen LogP contribution in [0, 0.1) is 5.92 Å². The maximum Gasteiger partial charge on any atom is 0.412 e. The van der Waals surface area contributed by atoms with E-state index in [0.717, 1.165) is 36.8 Å². The van der Waals surface area contributed by atoms with Gasteiger partial charge in [0, 0.05) is 37.0 Å². The van der Waals surface area contributed by atoms with Gasteiger partial charge in [0.1, 0.15) is 29.7 Å². The van der Waals surface area contributed by atoms with Crippen LogP contribution in [0.15, 0.2) is 54.6 Å². The minimum absolute atomic E-state index is 0.0956. The average molecular weight is 701 g/mol. The molecule has 1 aliphatic carbocycles. The van der Waals surface area contributed by atoms with Gasteiger partial charge < -0.3 is 30.1 Å². The molecule has 3 amide bonds. The Morgan fingerprint density at radius 1 is 0.980 bits per heavy atom. The van der Waals surface area contributed by atoms with Crippen LogP contribution in [0.5, 0.6) is 0 Å². The van der Waals surface area contributed by atoms with Crippen molar-refractivity contribution in [1.82, 2.24) is 20.6 Å². The number of aromatic nitrogens is 2. The van der Waals surface area contributed by atoms with Crippen LogP contribution in [0.1, 0.15) is 87.7 Å². The second kappa shape index (κ2) is 16.3. The highest BCUT2D eigenvalue weighted by atomic mass is 16.6. The molecule has 2 fully saturated rings. The molecule has 1 saturated heterocycles. The number of amides is 3. The van der Waals surface area contributed by atoms with Gasteiger partial charge in [0.15, 0.2) is 0 Å². The van der Waals surface area contributed by atoms with E-state index in [1.54, 1.807) is 65.1 Å². The summed E-state index contributed by atoms with van der Waals surface area (Å²) in [4.78, 5) is 61.9. The summed E-state index contributed by atoms with van der Waals surface area (Å²) in [6.45, 7) is 7.97. The number of carbonyl (C=O) groups is 4. The molecule has 51 heavy (non-hydrogen) atoms. The lowest BCUT2D eigenvalue weighted by molar-refractivity contribution is -0.136. The number of nitrogens with one attached hydrogen (secondary N) is 3. The number of rotatable bonds is 12. The molecule has 1 aliphatic heterocycles. The second-order valence-corrected chi connectivity index (χ2v) is 14.2. The summed E-state index contributed by atoms with van der Waals surface area (Å²) in [6.07, 6.45) is 3.84. The number of hydrogen-bond donors (Lipinski definition) is 4. The molecule has 4 N–H and O–H groups in total. The van der Waals surface area contributed by atoms with E-state index in [4.69, 9.17) is 9.47 Å². The van der Waals surface area contributed by atoms with Gasteiger partial charge in [-0.3, -0.25) is 19.7 Å². The molecule has 13 nitrogen and oxygen atoms in total. The van der Waals surface area contributed by atoms with Crippen molar-refractivity contribution in [2.75, 3.05) is 30.5 Å². The molecule has 2 aliphatic rings.